The molecule has 0 heterocycles. The summed E-state index contributed by atoms with van der Waals surface area (Å²) >= 11 is 0. The van der Waals surface area contributed by atoms with Crippen LogP contribution in [-0.4, -0.2) is 0 Å². The third-order valence-electron chi connectivity index (χ3n) is 4.15. The van der Waals surface area contributed by atoms with E-state index < -0.39 is 0 Å². The quantitative estimate of drug-likeness (QED) is 0.419. The van der Waals surface area contributed by atoms with E-state index in [1.807, 2.05) is 0 Å². The van der Waals surface area contributed by atoms with E-state index in [-0.39, 0.29) is 51.4 Å². The van der Waals surface area contributed by atoms with E-state index in [4.69, 9.17) is 0 Å². The molecule has 0 N–H and O–H groups in total. The topological polar surface area (TPSA) is 0 Å². The standard InChI is InChI=1S/C10H20.4CH3.Ti/c1-6-7(2)9(4)10(5)8(6)3;;;;;/h6-10H,1-5H3;4*1H3;/q;4*-1;+4. The second kappa shape index (κ2) is 11.2. The van der Waals surface area contributed by atoms with Gasteiger partial charge in [-0.3, -0.25) is 0 Å². The van der Waals surface area contributed by atoms with Crippen LogP contribution in [0.4, 0.5) is 0 Å². The van der Waals surface area contributed by atoms with Gasteiger partial charge in [-0.2, -0.15) is 0 Å². The fourth-order valence-corrected chi connectivity index (χ4v) is 2.39. The van der Waals surface area contributed by atoms with Gasteiger partial charge in [-0.05, 0) is 29.6 Å². The Morgan fingerprint density at radius 1 is 0.400 bits per heavy atom. The van der Waals surface area contributed by atoms with Gasteiger partial charge < -0.3 is 29.7 Å². The maximum absolute atomic E-state index is 2.40. The average molecular weight is 248 g/mol. The maximum Gasteiger partial charge on any atom is 4.00 e. The minimum atomic E-state index is 0. The van der Waals surface area contributed by atoms with E-state index in [2.05, 4.69) is 34.6 Å². The zero-order valence-corrected chi connectivity index (χ0v) is 13.9. The minimum absolute atomic E-state index is 0. The van der Waals surface area contributed by atoms with Gasteiger partial charge >= 0.3 is 21.7 Å². The predicted molar refractivity (Wildman–Crippen MR) is 71.5 cm³/mol. The summed E-state index contributed by atoms with van der Waals surface area (Å²) in [4.78, 5) is 0. The van der Waals surface area contributed by atoms with Crippen molar-refractivity contribution in [3.8, 4) is 0 Å². The van der Waals surface area contributed by atoms with Crippen molar-refractivity contribution in [2.45, 2.75) is 34.6 Å². The van der Waals surface area contributed by atoms with Crippen LogP contribution in [0.1, 0.15) is 34.6 Å². The van der Waals surface area contributed by atoms with Gasteiger partial charge in [0.1, 0.15) is 0 Å². The molecule has 0 aromatic heterocycles. The molecule has 1 aliphatic carbocycles. The zero-order chi connectivity index (χ0) is 7.89. The van der Waals surface area contributed by atoms with Crippen LogP contribution in [0.2, 0.25) is 0 Å². The molecule has 0 amide bonds. The molecule has 0 saturated heterocycles. The molecule has 0 aromatic rings. The summed E-state index contributed by atoms with van der Waals surface area (Å²) < 4.78 is 0. The number of rotatable bonds is 0. The molecule has 1 rings (SSSR count). The van der Waals surface area contributed by atoms with Crippen molar-refractivity contribution in [3.05, 3.63) is 29.7 Å². The summed E-state index contributed by atoms with van der Waals surface area (Å²) in [7, 11) is 0. The second-order valence-electron chi connectivity index (χ2n) is 4.30. The smallest absolute Gasteiger partial charge is 0.358 e. The molecule has 92 valence electrons. The Hall–Kier alpha value is 0.714. The predicted octanol–water partition coefficient (Wildman–Crippen LogP) is 4.98. The molecule has 1 fully saturated rings. The molecule has 1 heteroatoms. The Labute approximate surface area is 116 Å². The van der Waals surface area contributed by atoms with Crippen LogP contribution in [-0.2, 0) is 21.7 Å². The van der Waals surface area contributed by atoms with Crippen LogP contribution in [0.15, 0.2) is 0 Å². The van der Waals surface area contributed by atoms with Crippen molar-refractivity contribution < 1.29 is 21.7 Å². The molecule has 0 unspecified atom stereocenters. The Balaban J connectivity index is -0.0000000667. The Kier molecular flexibility index (Phi) is 22.1. The summed E-state index contributed by atoms with van der Waals surface area (Å²) in [5, 5.41) is 0. The summed E-state index contributed by atoms with van der Waals surface area (Å²) in [6.07, 6.45) is 0. The maximum atomic E-state index is 2.40. The van der Waals surface area contributed by atoms with Gasteiger partial charge in [0.15, 0.2) is 0 Å². The van der Waals surface area contributed by atoms with Gasteiger partial charge in [0.2, 0.25) is 0 Å². The Morgan fingerprint density at radius 3 is 0.533 bits per heavy atom. The normalized spacial score (nSPS) is 37.0. The van der Waals surface area contributed by atoms with E-state index in [0.29, 0.717) is 0 Å². The molecule has 1 aliphatic rings. The molecule has 15 heavy (non-hydrogen) atoms. The van der Waals surface area contributed by atoms with Gasteiger partial charge in [-0.25, -0.2) is 0 Å². The SMILES string of the molecule is CC1C(C)C(C)C(C)C1C.[CH3-].[CH3-].[CH3-].[CH3-].[Ti+4]. The van der Waals surface area contributed by atoms with Crippen LogP contribution in [0.5, 0.6) is 0 Å². The van der Waals surface area contributed by atoms with E-state index in [1.54, 1.807) is 0 Å². The van der Waals surface area contributed by atoms with Crippen LogP contribution in [0.3, 0.4) is 0 Å². The van der Waals surface area contributed by atoms with Crippen LogP contribution in [0.25, 0.3) is 0 Å². The first-order valence-electron chi connectivity index (χ1n) is 4.55. The molecular formula is C14H32Ti. The van der Waals surface area contributed by atoms with Crippen LogP contribution in [0, 0.1) is 59.3 Å². The molecule has 0 spiro atoms. The molecule has 0 nitrogen and oxygen atoms in total. The first-order valence-corrected chi connectivity index (χ1v) is 4.55. The molecule has 1 saturated carbocycles. The zero-order valence-electron chi connectivity index (χ0n) is 12.4. The van der Waals surface area contributed by atoms with E-state index in [9.17, 15) is 0 Å². The van der Waals surface area contributed by atoms with Crippen LogP contribution < -0.4 is 0 Å². The summed E-state index contributed by atoms with van der Waals surface area (Å²) in [5.74, 6) is 4.68. The summed E-state index contributed by atoms with van der Waals surface area (Å²) in [6, 6.07) is 0. The van der Waals surface area contributed by atoms with Gasteiger partial charge in [0, 0.05) is 0 Å². The van der Waals surface area contributed by atoms with Crippen molar-refractivity contribution in [3.63, 3.8) is 0 Å². The van der Waals surface area contributed by atoms with E-state index in [0.717, 1.165) is 29.6 Å². The van der Waals surface area contributed by atoms with Gasteiger partial charge in [-0.1, -0.05) is 34.6 Å². The molecule has 0 aromatic carbocycles. The Bertz CT molecular complexity index is 77.7. The van der Waals surface area contributed by atoms with E-state index in [1.165, 1.54) is 0 Å². The van der Waals surface area contributed by atoms with E-state index >= 15 is 0 Å². The van der Waals surface area contributed by atoms with Crippen molar-refractivity contribution in [2.24, 2.45) is 29.6 Å². The summed E-state index contributed by atoms with van der Waals surface area (Å²) in [5.41, 5.74) is 0. The Morgan fingerprint density at radius 2 is 0.467 bits per heavy atom. The van der Waals surface area contributed by atoms with Crippen molar-refractivity contribution in [1.29, 1.82) is 0 Å². The molecule has 0 radical (unpaired) electrons. The van der Waals surface area contributed by atoms with Crippen molar-refractivity contribution in [2.75, 3.05) is 0 Å². The van der Waals surface area contributed by atoms with Gasteiger partial charge in [-0.15, -0.1) is 0 Å². The molecule has 0 bridgehead atoms. The second-order valence-corrected chi connectivity index (χ2v) is 4.30. The van der Waals surface area contributed by atoms with Gasteiger partial charge in [0.25, 0.3) is 0 Å². The number of hydrogen-bond acceptors (Lipinski definition) is 0. The monoisotopic (exact) mass is 248 g/mol. The minimum Gasteiger partial charge on any atom is -0.358 e. The molecular weight excluding hydrogens is 216 g/mol. The van der Waals surface area contributed by atoms with Crippen molar-refractivity contribution >= 4 is 0 Å². The first-order chi connectivity index (χ1) is 4.55. The third kappa shape index (κ3) is 5.54. The first kappa shape index (κ1) is 29.6. The number of hydrogen-bond donors (Lipinski definition) is 0. The van der Waals surface area contributed by atoms with Gasteiger partial charge in [0.05, 0.1) is 0 Å². The molecule has 0 aliphatic heterocycles. The van der Waals surface area contributed by atoms with Crippen LogP contribution >= 0.6 is 0 Å². The fourth-order valence-electron chi connectivity index (χ4n) is 2.39. The summed E-state index contributed by atoms with van der Waals surface area (Å²) in [6.45, 7) is 12.0. The fraction of sp³-hybridized carbons (Fsp3) is 0.714. The largest absolute Gasteiger partial charge is 4.00 e. The average Bonchev–Trinajstić information content (AvgIpc) is 2.07. The molecule has 0 atom stereocenters. The third-order valence-corrected chi connectivity index (χ3v) is 4.15. The van der Waals surface area contributed by atoms with Crippen molar-refractivity contribution in [1.82, 2.24) is 0 Å².